The van der Waals surface area contributed by atoms with Crippen molar-refractivity contribution in [2.45, 2.75) is 0 Å². The van der Waals surface area contributed by atoms with Crippen molar-refractivity contribution in [3.8, 4) is 10.7 Å². The second kappa shape index (κ2) is 3.81. The number of hydrogen-bond donors (Lipinski definition) is 0. The first-order valence-corrected chi connectivity index (χ1v) is 5.91. The van der Waals surface area contributed by atoms with Gasteiger partial charge in [0.2, 0.25) is 0 Å². The Bertz CT molecular complexity index is 637. The average Bonchev–Trinajstić information content (AvgIpc) is 2.82. The summed E-state index contributed by atoms with van der Waals surface area (Å²) in [6, 6.07) is 7.69. The third-order valence-electron chi connectivity index (χ3n) is 2.21. The first-order valence-electron chi connectivity index (χ1n) is 4.66. The van der Waals surface area contributed by atoms with Gasteiger partial charge in [0.25, 0.3) is 0 Å². The molecule has 0 fully saturated rings. The number of nitrogens with zero attached hydrogens (tertiary/aromatic N) is 3. The number of halogens is 1. The smallest absolute Gasteiger partial charge is 0.173 e. The SMILES string of the molecule is Clc1nc(-c2cncs2)nc2ccccc12. The maximum Gasteiger partial charge on any atom is 0.173 e. The van der Waals surface area contributed by atoms with E-state index in [9.17, 15) is 0 Å². The molecule has 3 aromatic rings. The van der Waals surface area contributed by atoms with Gasteiger partial charge in [-0.25, -0.2) is 9.97 Å². The number of benzene rings is 1. The van der Waals surface area contributed by atoms with Crippen LogP contribution in [0.25, 0.3) is 21.6 Å². The van der Waals surface area contributed by atoms with Crippen LogP contribution in [0.2, 0.25) is 5.15 Å². The zero-order valence-corrected chi connectivity index (χ0v) is 9.66. The summed E-state index contributed by atoms with van der Waals surface area (Å²) in [6.45, 7) is 0. The first-order chi connectivity index (χ1) is 7.84. The van der Waals surface area contributed by atoms with Crippen LogP contribution >= 0.6 is 22.9 Å². The van der Waals surface area contributed by atoms with E-state index in [4.69, 9.17) is 11.6 Å². The summed E-state index contributed by atoms with van der Waals surface area (Å²) >= 11 is 7.61. The summed E-state index contributed by atoms with van der Waals surface area (Å²) in [4.78, 5) is 13.6. The standard InChI is InChI=1S/C11H6ClN3S/c12-10-7-3-1-2-4-8(7)14-11(15-10)9-5-13-6-16-9/h1-6H. The van der Waals surface area contributed by atoms with E-state index in [1.165, 1.54) is 11.3 Å². The highest BCUT2D eigenvalue weighted by Crippen LogP contribution is 2.26. The molecular formula is C11H6ClN3S. The van der Waals surface area contributed by atoms with Crippen molar-refractivity contribution < 1.29 is 0 Å². The molecule has 78 valence electrons. The maximum atomic E-state index is 6.11. The maximum absolute atomic E-state index is 6.11. The van der Waals surface area contributed by atoms with Crippen LogP contribution in [-0.2, 0) is 0 Å². The largest absolute Gasteiger partial charge is 0.252 e. The highest BCUT2D eigenvalue weighted by Gasteiger charge is 2.08. The van der Waals surface area contributed by atoms with Crippen molar-refractivity contribution in [3.63, 3.8) is 0 Å². The van der Waals surface area contributed by atoms with Crippen LogP contribution in [0.5, 0.6) is 0 Å². The molecule has 0 spiro atoms. The minimum absolute atomic E-state index is 0.481. The van der Waals surface area contributed by atoms with Gasteiger partial charge < -0.3 is 0 Å². The monoisotopic (exact) mass is 247 g/mol. The topological polar surface area (TPSA) is 38.7 Å². The molecule has 2 aromatic heterocycles. The first kappa shape index (κ1) is 9.69. The fraction of sp³-hybridized carbons (Fsp3) is 0. The molecule has 5 heteroatoms. The lowest BCUT2D eigenvalue weighted by Crippen LogP contribution is -1.89. The van der Waals surface area contributed by atoms with Crippen molar-refractivity contribution >= 4 is 33.8 Å². The lowest BCUT2D eigenvalue weighted by molar-refractivity contribution is 1.23. The van der Waals surface area contributed by atoms with E-state index in [1.54, 1.807) is 11.7 Å². The molecule has 0 saturated carbocycles. The predicted octanol–water partition coefficient (Wildman–Crippen LogP) is 3.41. The molecule has 3 nitrogen and oxygen atoms in total. The van der Waals surface area contributed by atoms with Crippen molar-refractivity contribution in [1.29, 1.82) is 0 Å². The molecule has 0 unspecified atom stereocenters. The van der Waals surface area contributed by atoms with E-state index in [0.29, 0.717) is 11.0 Å². The van der Waals surface area contributed by atoms with Gasteiger partial charge in [-0.2, -0.15) is 0 Å². The van der Waals surface area contributed by atoms with Crippen molar-refractivity contribution in [2.75, 3.05) is 0 Å². The molecule has 16 heavy (non-hydrogen) atoms. The van der Waals surface area contributed by atoms with E-state index in [2.05, 4.69) is 15.0 Å². The van der Waals surface area contributed by atoms with Gasteiger partial charge in [0, 0.05) is 11.6 Å². The molecule has 0 amide bonds. The minimum atomic E-state index is 0.481. The van der Waals surface area contributed by atoms with E-state index >= 15 is 0 Å². The van der Waals surface area contributed by atoms with E-state index in [-0.39, 0.29) is 0 Å². The number of thiazole rings is 1. The quantitative estimate of drug-likeness (QED) is 0.619. The van der Waals surface area contributed by atoms with Gasteiger partial charge in [0.1, 0.15) is 5.15 Å². The highest BCUT2D eigenvalue weighted by atomic mass is 35.5. The number of aromatic nitrogens is 3. The zero-order valence-electron chi connectivity index (χ0n) is 8.09. The number of rotatable bonds is 1. The van der Waals surface area contributed by atoms with Crippen LogP contribution in [0, 0.1) is 0 Å². The molecule has 0 saturated heterocycles. The molecule has 0 aliphatic carbocycles. The van der Waals surface area contributed by atoms with Gasteiger partial charge in [-0.3, -0.25) is 4.98 Å². The van der Waals surface area contributed by atoms with Crippen LogP contribution in [-0.4, -0.2) is 15.0 Å². The predicted molar refractivity (Wildman–Crippen MR) is 65.7 cm³/mol. The molecule has 0 bridgehead atoms. The Kier molecular flexibility index (Phi) is 2.31. The van der Waals surface area contributed by atoms with Crippen LogP contribution in [0.3, 0.4) is 0 Å². The summed E-state index contributed by atoms with van der Waals surface area (Å²) in [6.07, 6.45) is 1.74. The summed E-state index contributed by atoms with van der Waals surface area (Å²) in [5, 5.41) is 1.35. The fourth-order valence-corrected chi connectivity index (χ4v) is 2.27. The van der Waals surface area contributed by atoms with Crippen molar-refractivity contribution in [1.82, 2.24) is 15.0 Å². The van der Waals surface area contributed by atoms with E-state index in [1.807, 2.05) is 24.3 Å². The van der Waals surface area contributed by atoms with Gasteiger partial charge in [-0.15, -0.1) is 11.3 Å². The van der Waals surface area contributed by atoms with Gasteiger partial charge in [0.15, 0.2) is 5.82 Å². The van der Waals surface area contributed by atoms with Crippen molar-refractivity contribution in [3.05, 3.63) is 41.1 Å². The lowest BCUT2D eigenvalue weighted by atomic mass is 10.2. The van der Waals surface area contributed by atoms with Gasteiger partial charge in [-0.05, 0) is 12.1 Å². The molecule has 2 heterocycles. The third-order valence-corrected chi connectivity index (χ3v) is 3.27. The van der Waals surface area contributed by atoms with Crippen LogP contribution < -0.4 is 0 Å². The van der Waals surface area contributed by atoms with Crippen LogP contribution in [0.1, 0.15) is 0 Å². The Balaban J connectivity index is 2.29. The second-order valence-corrected chi connectivity index (χ2v) is 4.47. The molecule has 0 aliphatic heterocycles. The summed E-state index contributed by atoms with van der Waals surface area (Å²) in [5.41, 5.74) is 2.60. The molecule has 0 N–H and O–H groups in total. The van der Waals surface area contributed by atoms with E-state index < -0.39 is 0 Å². The zero-order chi connectivity index (χ0) is 11.0. The normalized spacial score (nSPS) is 10.8. The Morgan fingerprint density at radius 3 is 2.81 bits per heavy atom. The Morgan fingerprint density at radius 1 is 1.12 bits per heavy atom. The summed E-state index contributed by atoms with van der Waals surface area (Å²) in [5.74, 6) is 0.631. The number of fused-ring (bicyclic) bond motifs is 1. The Morgan fingerprint density at radius 2 is 2.00 bits per heavy atom. The molecule has 1 aromatic carbocycles. The summed E-state index contributed by atoms with van der Waals surface area (Å²) in [7, 11) is 0. The average molecular weight is 248 g/mol. The molecule has 3 rings (SSSR count). The third kappa shape index (κ3) is 1.56. The number of para-hydroxylation sites is 1. The van der Waals surface area contributed by atoms with E-state index in [0.717, 1.165) is 15.8 Å². The molecule has 0 aliphatic rings. The molecule has 0 radical (unpaired) electrons. The molecular weight excluding hydrogens is 242 g/mol. The van der Waals surface area contributed by atoms with Gasteiger partial charge in [0.05, 0.1) is 15.9 Å². The fourth-order valence-electron chi connectivity index (χ4n) is 1.47. The highest BCUT2D eigenvalue weighted by molar-refractivity contribution is 7.13. The Labute approximate surface area is 101 Å². The van der Waals surface area contributed by atoms with Crippen molar-refractivity contribution in [2.24, 2.45) is 0 Å². The minimum Gasteiger partial charge on any atom is -0.252 e. The van der Waals surface area contributed by atoms with Crippen LogP contribution in [0.15, 0.2) is 36.0 Å². The lowest BCUT2D eigenvalue weighted by Gasteiger charge is -2.01. The summed E-state index contributed by atoms with van der Waals surface area (Å²) < 4.78 is 0. The van der Waals surface area contributed by atoms with Gasteiger partial charge >= 0.3 is 0 Å². The number of hydrogen-bond acceptors (Lipinski definition) is 4. The molecule has 0 atom stereocenters. The second-order valence-electron chi connectivity index (χ2n) is 3.22. The Hall–Kier alpha value is -1.52. The van der Waals surface area contributed by atoms with Crippen LogP contribution in [0.4, 0.5) is 0 Å². The van der Waals surface area contributed by atoms with Gasteiger partial charge in [-0.1, -0.05) is 23.7 Å².